The molecule has 0 unspecified atom stereocenters. The van der Waals surface area contributed by atoms with Crippen molar-refractivity contribution in [2.24, 2.45) is 0 Å². The number of hydrogen-bond donors (Lipinski definition) is 2. The maximum atomic E-state index is 12.0. The number of anilines is 2. The van der Waals surface area contributed by atoms with Crippen LogP contribution in [0.1, 0.15) is 43.7 Å². The third-order valence-electron chi connectivity index (χ3n) is 2.83. The number of carbonyl (C=O) groups excluding carboxylic acids is 1. The van der Waals surface area contributed by atoms with Crippen LogP contribution in [0.15, 0.2) is 24.8 Å². The van der Waals surface area contributed by atoms with Crippen LogP contribution in [0.3, 0.4) is 0 Å². The monoisotopic (exact) mass is 288 g/mol. The van der Waals surface area contributed by atoms with Crippen molar-refractivity contribution < 1.29 is 4.79 Å². The van der Waals surface area contributed by atoms with Gasteiger partial charge in [-0.3, -0.25) is 9.48 Å². The van der Waals surface area contributed by atoms with Gasteiger partial charge < -0.3 is 10.6 Å². The normalized spacial score (nSPS) is 10.7. The van der Waals surface area contributed by atoms with Gasteiger partial charge in [-0.15, -0.1) is 0 Å². The minimum atomic E-state index is -0.298. The molecule has 0 fully saturated rings. The number of aromatic nitrogens is 4. The molecule has 0 atom stereocenters. The van der Waals surface area contributed by atoms with Gasteiger partial charge in [-0.25, -0.2) is 9.97 Å². The molecule has 2 heterocycles. The van der Waals surface area contributed by atoms with Crippen LogP contribution in [0.25, 0.3) is 0 Å². The van der Waals surface area contributed by atoms with E-state index in [0.29, 0.717) is 11.5 Å². The van der Waals surface area contributed by atoms with Gasteiger partial charge in [0.1, 0.15) is 11.5 Å². The maximum Gasteiger partial charge on any atom is 0.275 e. The minimum Gasteiger partial charge on any atom is -0.369 e. The average molecular weight is 288 g/mol. The lowest BCUT2D eigenvalue weighted by Gasteiger charge is -2.05. The molecule has 0 radical (unpaired) electrons. The Kier molecular flexibility index (Phi) is 4.86. The van der Waals surface area contributed by atoms with E-state index in [-0.39, 0.29) is 17.6 Å². The van der Waals surface area contributed by atoms with E-state index in [0.717, 1.165) is 13.0 Å². The second-order valence-electron chi connectivity index (χ2n) is 4.97. The maximum absolute atomic E-state index is 12.0. The highest BCUT2D eigenvalue weighted by molar-refractivity contribution is 6.02. The van der Waals surface area contributed by atoms with Crippen LogP contribution in [-0.2, 0) is 0 Å². The molecule has 0 bridgehead atoms. The van der Waals surface area contributed by atoms with E-state index in [4.69, 9.17) is 0 Å². The lowest BCUT2D eigenvalue weighted by atomic mass is 10.4. The number of rotatable bonds is 6. The van der Waals surface area contributed by atoms with Crippen LogP contribution in [0.5, 0.6) is 0 Å². The quantitative estimate of drug-likeness (QED) is 0.852. The zero-order valence-corrected chi connectivity index (χ0v) is 12.5. The molecule has 7 nitrogen and oxygen atoms in total. The first-order valence-corrected chi connectivity index (χ1v) is 7.01. The van der Waals surface area contributed by atoms with Crippen molar-refractivity contribution in [1.82, 2.24) is 19.7 Å². The summed E-state index contributed by atoms with van der Waals surface area (Å²) in [7, 11) is 0. The molecule has 0 spiro atoms. The Bertz CT molecular complexity index is 590. The van der Waals surface area contributed by atoms with Gasteiger partial charge in [-0.1, -0.05) is 6.92 Å². The van der Waals surface area contributed by atoms with Crippen molar-refractivity contribution in [3.63, 3.8) is 0 Å². The predicted octanol–water partition coefficient (Wildman–Crippen LogP) is 2.33. The largest absolute Gasteiger partial charge is 0.369 e. The number of amides is 1. The topological polar surface area (TPSA) is 84.7 Å². The summed E-state index contributed by atoms with van der Waals surface area (Å²) in [6.07, 6.45) is 7.42. The highest BCUT2D eigenvalue weighted by atomic mass is 16.1. The summed E-state index contributed by atoms with van der Waals surface area (Å²) in [6, 6.07) is 0.249. The first-order valence-electron chi connectivity index (χ1n) is 7.01. The van der Waals surface area contributed by atoms with Crippen molar-refractivity contribution in [2.75, 3.05) is 17.2 Å². The Balaban J connectivity index is 1.99. The first-order chi connectivity index (χ1) is 10.1. The zero-order valence-electron chi connectivity index (χ0n) is 12.5. The van der Waals surface area contributed by atoms with E-state index in [9.17, 15) is 4.79 Å². The molecule has 0 aliphatic heterocycles. The van der Waals surface area contributed by atoms with Crippen LogP contribution in [0, 0.1) is 0 Å². The molecule has 2 aromatic rings. The van der Waals surface area contributed by atoms with Gasteiger partial charge in [-0.05, 0) is 20.3 Å². The highest BCUT2D eigenvalue weighted by Gasteiger charge is 2.10. The lowest BCUT2D eigenvalue weighted by molar-refractivity contribution is 0.102. The highest BCUT2D eigenvalue weighted by Crippen LogP contribution is 2.11. The summed E-state index contributed by atoms with van der Waals surface area (Å²) in [6.45, 7) is 6.94. The second-order valence-corrected chi connectivity index (χ2v) is 4.97. The standard InChI is InChI=1S/C14H20N6O/c1-4-5-15-13-8-16-12(7-17-13)14(21)19-11-6-18-20(9-11)10(2)3/h6-10H,4-5H2,1-3H3,(H,15,17)(H,19,21). The predicted molar refractivity (Wildman–Crippen MR) is 81.4 cm³/mol. The third kappa shape index (κ3) is 4.01. The van der Waals surface area contributed by atoms with Crippen LogP contribution >= 0.6 is 0 Å². The molecule has 0 aromatic carbocycles. The number of carbonyl (C=O) groups is 1. The van der Waals surface area contributed by atoms with E-state index in [2.05, 4.69) is 32.6 Å². The van der Waals surface area contributed by atoms with E-state index in [1.807, 2.05) is 13.8 Å². The van der Waals surface area contributed by atoms with Crippen molar-refractivity contribution in [3.8, 4) is 0 Å². The fourth-order valence-electron chi connectivity index (χ4n) is 1.67. The van der Waals surface area contributed by atoms with Crippen molar-refractivity contribution in [1.29, 1.82) is 0 Å². The van der Waals surface area contributed by atoms with Gasteiger partial charge in [0, 0.05) is 18.8 Å². The summed E-state index contributed by atoms with van der Waals surface area (Å²) in [5.74, 6) is 0.369. The minimum absolute atomic E-state index is 0.249. The number of nitrogens with one attached hydrogen (secondary N) is 2. The van der Waals surface area contributed by atoms with Crippen LogP contribution < -0.4 is 10.6 Å². The Morgan fingerprint density at radius 2 is 2.10 bits per heavy atom. The average Bonchev–Trinajstić information content (AvgIpc) is 2.94. The molecule has 7 heteroatoms. The lowest BCUT2D eigenvalue weighted by Crippen LogP contribution is -2.14. The molecule has 112 valence electrons. The van der Waals surface area contributed by atoms with E-state index in [1.165, 1.54) is 6.20 Å². The molecule has 0 aliphatic carbocycles. The molecule has 0 aliphatic rings. The SMILES string of the molecule is CCCNc1cnc(C(=O)Nc2cnn(C(C)C)c2)cn1. The molecule has 0 saturated carbocycles. The molecular weight excluding hydrogens is 268 g/mol. The Morgan fingerprint density at radius 3 is 2.67 bits per heavy atom. The Morgan fingerprint density at radius 1 is 1.29 bits per heavy atom. The summed E-state index contributed by atoms with van der Waals surface area (Å²) in [5.41, 5.74) is 0.915. The van der Waals surface area contributed by atoms with Crippen LogP contribution in [0.2, 0.25) is 0 Å². The van der Waals surface area contributed by atoms with Crippen LogP contribution in [0.4, 0.5) is 11.5 Å². The van der Waals surface area contributed by atoms with Gasteiger partial charge in [0.05, 0.1) is 24.3 Å². The molecular formula is C14H20N6O. The third-order valence-corrected chi connectivity index (χ3v) is 2.83. The second kappa shape index (κ2) is 6.83. The molecule has 2 N–H and O–H groups in total. The van der Waals surface area contributed by atoms with E-state index < -0.39 is 0 Å². The fraction of sp³-hybridized carbons (Fsp3) is 0.429. The summed E-state index contributed by atoms with van der Waals surface area (Å²) >= 11 is 0. The van der Waals surface area contributed by atoms with Gasteiger partial charge in [0.2, 0.25) is 0 Å². The van der Waals surface area contributed by atoms with Crippen molar-refractivity contribution in [3.05, 3.63) is 30.5 Å². The fourth-order valence-corrected chi connectivity index (χ4v) is 1.67. The number of nitrogens with zero attached hydrogens (tertiary/aromatic N) is 4. The zero-order chi connectivity index (χ0) is 15.2. The van der Waals surface area contributed by atoms with Gasteiger partial charge in [0.15, 0.2) is 0 Å². The Labute approximate surface area is 123 Å². The van der Waals surface area contributed by atoms with Crippen molar-refractivity contribution in [2.45, 2.75) is 33.2 Å². The molecule has 21 heavy (non-hydrogen) atoms. The van der Waals surface area contributed by atoms with Crippen LogP contribution in [-0.4, -0.2) is 32.2 Å². The van der Waals surface area contributed by atoms with Gasteiger partial charge in [-0.2, -0.15) is 5.10 Å². The summed E-state index contributed by atoms with van der Waals surface area (Å²) in [4.78, 5) is 20.3. The molecule has 2 rings (SSSR count). The molecule has 2 aromatic heterocycles. The van der Waals surface area contributed by atoms with E-state index in [1.54, 1.807) is 23.3 Å². The summed E-state index contributed by atoms with van der Waals surface area (Å²) < 4.78 is 1.78. The smallest absolute Gasteiger partial charge is 0.275 e. The van der Waals surface area contributed by atoms with Gasteiger partial charge in [0.25, 0.3) is 5.91 Å². The van der Waals surface area contributed by atoms with Gasteiger partial charge >= 0.3 is 0 Å². The number of hydrogen-bond acceptors (Lipinski definition) is 5. The molecule has 0 saturated heterocycles. The Hall–Kier alpha value is -2.44. The molecule has 1 amide bonds. The van der Waals surface area contributed by atoms with Crippen molar-refractivity contribution >= 4 is 17.4 Å². The summed E-state index contributed by atoms with van der Waals surface area (Å²) in [5, 5.41) is 10.0. The first kappa shape index (κ1) is 15.0. The van der Waals surface area contributed by atoms with E-state index >= 15 is 0 Å².